The van der Waals surface area contributed by atoms with Gasteiger partial charge in [-0.1, -0.05) is 173 Å². The van der Waals surface area contributed by atoms with Gasteiger partial charge in [0.2, 0.25) is 0 Å². The normalized spacial score (nSPS) is 12.2. The minimum absolute atomic E-state index is 0. The quantitative estimate of drug-likeness (QED) is 0.121. The van der Waals surface area contributed by atoms with Gasteiger partial charge in [-0.3, -0.25) is 0 Å². The van der Waals surface area contributed by atoms with Gasteiger partial charge in [-0.25, -0.2) is 0 Å². The maximum Gasteiger partial charge on any atom is 0.0728 e. The van der Waals surface area contributed by atoms with Crippen LogP contribution in [0.15, 0.2) is 267 Å². The van der Waals surface area contributed by atoms with Gasteiger partial charge in [0, 0.05) is 69.7 Å². The number of benzene rings is 12. The van der Waals surface area contributed by atoms with Crippen LogP contribution >= 0.6 is 0 Å². The molecule has 0 bridgehead atoms. The summed E-state index contributed by atoms with van der Waals surface area (Å²) in [7, 11) is 0. The van der Waals surface area contributed by atoms with E-state index >= 15 is 0 Å². The lowest BCUT2D eigenvalue weighted by Gasteiger charge is -2.35. The fourth-order valence-corrected chi connectivity index (χ4v) is 13.1. The van der Waals surface area contributed by atoms with E-state index in [2.05, 4.69) is 342 Å². The highest BCUT2D eigenvalue weighted by atomic mass is 15.2. The van der Waals surface area contributed by atoms with Crippen LogP contribution in [0.25, 0.3) is 22.3 Å². The summed E-state index contributed by atoms with van der Waals surface area (Å²) >= 11 is 0. The standard InChI is InChI=1S/C81H68N4.CH4.H2/c1-53-9-25-61(26-10-53)82(62-27-11-54(2)12-28-62)69-41-45-73-74-46-42-70(83(63-29-13-55(3)14-30-63)64-31-15-56(4)16-32-64)50-78(74)81(77(73)49-69)79-51-71(84(65-33-17-57(5)18-34-65)66-35-19-58(6)20-36-66)43-47-75(79)76-48-44-72(52-80(76)81)85(67-37-21-59(7)22-38-67)68-39-23-60(8)24-40-68;;/h9-52H,1-8H3;1H4;1H. The van der Waals surface area contributed by atoms with E-state index in [4.69, 9.17) is 0 Å². The van der Waals surface area contributed by atoms with E-state index < -0.39 is 5.41 Å². The highest BCUT2D eigenvalue weighted by molar-refractivity contribution is 6.00. The number of anilines is 12. The molecule has 0 aliphatic heterocycles. The Kier molecular flexibility index (Phi) is 14.2. The van der Waals surface area contributed by atoms with E-state index in [9.17, 15) is 0 Å². The van der Waals surface area contributed by atoms with Crippen molar-refractivity contribution < 1.29 is 1.43 Å². The molecule has 86 heavy (non-hydrogen) atoms. The average Bonchev–Trinajstić information content (AvgIpc) is 1.52. The van der Waals surface area contributed by atoms with Gasteiger partial charge in [0.05, 0.1) is 5.41 Å². The predicted octanol–water partition coefficient (Wildman–Crippen LogP) is 23.3. The Hall–Kier alpha value is -10.2. The van der Waals surface area contributed by atoms with E-state index in [0.717, 1.165) is 68.2 Å². The summed E-state index contributed by atoms with van der Waals surface area (Å²) in [5.74, 6) is 0. The fourth-order valence-electron chi connectivity index (χ4n) is 13.1. The van der Waals surface area contributed by atoms with Crippen molar-refractivity contribution in [1.82, 2.24) is 0 Å². The first-order chi connectivity index (χ1) is 41.4. The van der Waals surface area contributed by atoms with Crippen LogP contribution in [0.2, 0.25) is 0 Å². The maximum absolute atomic E-state index is 2.53. The summed E-state index contributed by atoms with van der Waals surface area (Å²) in [6, 6.07) is 101. The number of hydrogen-bond donors (Lipinski definition) is 0. The average molecular weight is 1120 g/mol. The molecule has 0 radical (unpaired) electrons. The minimum atomic E-state index is -0.843. The van der Waals surface area contributed by atoms with Gasteiger partial charge in [0.25, 0.3) is 0 Å². The number of rotatable bonds is 12. The van der Waals surface area contributed by atoms with Crippen molar-refractivity contribution >= 4 is 68.2 Å². The zero-order valence-corrected chi connectivity index (χ0v) is 49.7. The van der Waals surface area contributed by atoms with Crippen LogP contribution < -0.4 is 19.6 Å². The van der Waals surface area contributed by atoms with E-state index in [1.807, 2.05) is 0 Å². The van der Waals surface area contributed by atoms with E-state index in [0.29, 0.717) is 0 Å². The predicted molar refractivity (Wildman–Crippen MR) is 368 cm³/mol. The molecule has 2 aliphatic rings. The van der Waals surface area contributed by atoms with Gasteiger partial charge in [0.15, 0.2) is 0 Å². The van der Waals surface area contributed by atoms with Crippen LogP contribution in [0, 0.1) is 55.4 Å². The van der Waals surface area contributed by atoms with Crippen molar-refractivity contribution in [2.75, 3.05) is 19.6 Å². The van der Waals surface area contributed by atoms with Crippen molar-refractivity contribution in [2.24, 2.45) is 0 Å². The molecule has 0 heterocycles. The van der Waals surface area contributed by atoms with E-state index in [1.54, 1.807) is 0 Å². The van der Waals surface area contributed by atoms with Crippen LogP contribution in [0.4, 0.5) is 68.2 Å². The van der Waals surface area contributed by atoms with Gasteiger partial charge in [-0.2, -0.15) is 0 Å². The second-order valence-electron chi connectivity index (χ2n) is 23.7. The van der Waals surface area contributed by atoms with Gasteiger partial charge in [0.1, 0.15) is 0 Å². The second kappa shape index (κ2) is 22.1. The molecular formula is C82H74N4. The van der Waals surface area contributed by atoms with Crippen molar-refractivity contribution in [3.63, 3.8) is 0 Å². The highest BCUT2D eigenvalue weighted by Crippen LogP contribution is 2.65. The van der Waals surface area contributed by atoms with Crippen molar-refractivity contribution in [1.29, 1.82) is 0 Å². The first kappa shape index (κ1) is 55.1. The Morgan fingerprint density at radius 3 is 0.453 bits per heavy atom. The van der Waals surface area contributed by atoms with Gasteiger partial charge >= 0.3 is 0 Å². The van der Waals surface area contributed by atoms with Crippen molar-refractivity contribution in [3.05, 3.63) is 334 Å². The Balaban J connectivity index is 0.00000369. The second-order valence-corrected chi connectivity index (χ2v) is 23.7. The number of hydrogen-bond acceptors (Lipinski definition) is 4. The molecule has 4 nitrogen and oxygen atoms in total. The molecule has 0 fully saturated rings. The third kappa shape index (κ3) is 9.62. The smallest absolute Gasteiger partial charge is 0.0728 e. The topological polar surface area (TPSA) is 13.0 Å². The molecule has 12 aromatic carbocycles. The molecule has 14 rings (SSSR count). The summed E-state index contributed by atoms with van der Waals surface area (Å²) in [6.45, 7) is 17.3. The summed E-state index contributed by atoms with van der Waals surface area (Å²) in [4.78, 5) is 9.76. The lowest BCUT2D eigenvalue weighted by molar-refractivity contribution is 0.793. The molecule has 4 heteroatoms. The fraction of sp³-hybridized carbons (Fsp3) is 0.122. The zero-order valence-electron chi connectivity index (χ0n) is 49.7. The van der Waals surface area contributed by atoms with Crippen LogP contribution in [0.3, 0.4) is 0 Å². The molecule has 0 atom stereocenters. The van der Waals surface area contributed by atoms with Crippen LogP contribution in [0.1, 0.15) is 75.6 Å². The Bertz CT molecular complexity index is 3690. The Morgan fingerprint density at radius 1 is 0.186 bits per heavy atom. The van der Waals surface area contributed by atoms with Gasteiger partial charge in [-0.15, -0.1) is 0 Å². The summed E-state index contributed by atoms with van der Waals surface area (Å²) in [5, 5.41) is 0. The maximum atomic E-state index is 2.53. The third-order valence-electron chi connectivity index (χ3n) is 17.6. The lowest BCUT2D eigenvalue weighted by Crippen LogP contribution is -2.27. The van der Waals surface area contributed by atoms with E-state index in [1.165, 1.54) is 89.0 Å². The molecule has 1 spiro atoms. The molecule has 0 saturated carbocycles. The SMILES string of the molecule is C.Cc1ccc(N(c2ccc(C)cc2)c2ccc3c(c2)C2(c4cc(N(c5ccc(C)cc5)c5ccc(C)cc5)ccc4-3)c3cc(N(c4ccc(C)cc4)c4ccc(C)cc4)ccc3-c3ccc(N(c4ccc(C)cc4)c4ccc(C)cc4)cc32)cc1.[HH]. The monoisotopic (exact) mass is 1110 g/mol. The molecular weight excluding hydrogens is 1040 g/mol. The first-order valence-electron chi connectivity index (χ1n) is 29.7. The van der Waals surface area contributed by atoms with Crippen molar-refractivity contribution in [2.45, 2.75) is 68.2 Å². The molecule has 2 aliphatic carbocycles. The molecule has 0 unspecified atom stereocenters. The Morgan fingerprint density at radius 2 is 0.314 bits per heavy atom. The summed E-state index contributed by atoms with van der Waals surface area (Å²) in [5.41, 5.74) is 31.9. The van der Waals surface area contributed by atoms with Gasteiger partial charge in [-0.05, 0) is 245 Å². The number of aryl methyl sites for hydroxylation is 8. The summed E-state index contributed by atoms with van der Waals surface area (Å²) < 4.78 is 0. The van der Waals surface area contributed by atoms with E-state index in [-0.39, 0.29) is 8.85 Å². The van der Waals surface area contributed by atoms with Gasteiger partial charge < -0.3 is 19.6 Å². The molecule has 0 aromatic heterocycles. The molecule has 12 aromatic rings. The van der Waals surface area contributed by atoms with Crippen LogP contribution in [0.5, 0.6) is 0 Å². The minimum Gasteiger partial charge on any atom is -0.310 e. The highest BCUT2D eigenvalue weighted by Gasteiger charge is 2.53. The first-order valence-corrected chi connectivity index (χ1v) is 29.7. The van der Waals surface area contributed by atoms with Crippen LogP contribution in [-0.4, -0.2) is 0 Å². The Labute approximate surface area is 510 Å². The van der Waals surface area contributed by atoms with Crippen LogP contribution in [-0.2, 0) is 5.41 Å². The molecule has 0 saturated heterocycles. The summed E-state index contributed by atoms with van der Waals surface area (Å²) in [6.07, 6.45) is 0. The number of fused-ring (bicyclic) bond motifs is 10. The largest absolute Gasteiger partial charge is 0.310 e. The molecule has 0 amide bonds. The lowest BCUT2D eigenvalue weighted by atomic mass is 9.70. The third-order valence-corrected chi connectivity index (χ3v) is 17.6. The zero-order chi connectivity index (χ0) is 58.1. The van der Waals surface area contributed by atoms with Crippen molar-refractivity contribution in [3.8, 4) is 22.3 Å². The molecule has 422 valence electrons. The molecule has 0 N–H and O–H groups in total. The number of nitrogens with zero attached hydrogens (tertiary/aromatic N) is 4.